The summed E-state index contributed by atoms with van der Waals surface area (Å²) >= 11 is 0. The zero-order chi connectivity index (χ0) is 16.1. The molecule has 0 amide bonds. The summed E-state index contributed by atoms with van der Waals surface area (Å²) in [6.07, 6.45) is 2.36. The van der Waals surface area contributed by atoms with Gasteiger partial charge in [0.25, 0.3) is 0 Å². The van der Waals surface area contributed by atoms with E-state index in [4.69, 9.17) is 0 Å². The molecule has 0 fully saturated rings. The molecule has 1 nitrogen and oxygen atoms in total. The monoisotopic (exact) mass is 289 g/mol. The van der Waals surface area contributed by atoms with Crippen LogP contribution in [-0.2, 0) is 11.8 Å². The van der Waals surface area contributed by atoms with Crippen LogP contribution in [0.25, 0.3) is 0 Å². The van der Waals surface area contributed by atoms with Gasteiger partial charge in [-0.25, -0.2) is 0 Å². The van der Waals surface area contributed by atoms with Crippen LogP contribution in [0.3, 0.4) is 0 Å². The maximum absolute atomic E-state index is 3.63. The van der Waals surface area contributed by atoms with E-state index in [9.17, 15) is 0 Å². The number of benzene rings is 1. The van der Waals surface area contributed by atoms with Gasteiger partial charge in [0.05, 0.1) is 0 Å². The average molecular weight is 290 g/mol. The SMILES string of the molecule is CCC(C)(CNCC(C)C)Cc1ccc(C(C)(C)C)cc1. The Balaban J connectivity index is 2.68. The number of hydrogen-bond acceptors (Lipinski definition) is 1. The smallest absolute Gasteiger partial charge is 0.000836 e. The third kappa shape index (κ3) is 6.22. The van der Waals surface area contributed by atoms with Crippen molar-refractivity contribution in [3.05, 3.63) is 35.4 Å². The summed E-state index contributed by atoms with van der Waals surface area (Å²) in [4.78, 5) is 0. The molecule has 0 aliphatic heterocycles. The molecule has 0 aliphatic carbocycles. The Morgan fingerprint density at radius 1 is 1.00 bits per heavy atom. The summed E-state index contributed by atoms with van der Waals surface area (Å²) in [5.41, 5.74) is 3.46. The van der Waals surface area contributed by atoms with E-state index in [-0.39, 0.29) is 5.41 Å². The molecule has 0 aliphatic rings. The van der Waals surface area contributed by atoms with E-state index in [2.05, 4.69) is 78.0 Å². The second kappa shape index (κ2) is 7.45. The van der Waals surface area contributed by atoms with Crippen molar-refractivity contribution in [1.82, 2.24) is 5.32 Å². The Kier molecular flexibility index (Phi) is 6.46. The molecule has 0 aromatic heterocycles. The highest BCUT2D eigenvalue weighted by Gasteiger charge is 2.22. The summed E-state index contributed by atoms with van der Waals surface area (Å²) < 4.78 is 0. The van der Waals surface area contributed by atoms with Crippen LogP contribution in [0.5, 0.6) is 0 Å². The van der Waals surface area contributed by atoms with Gasteiger partial charge < -0.3 is 5.32 Å². The lowest BCUT2D eigenvalue weighted by Crippen LogP contribution is -2.35. The summed E-state index contributed by atoms with van der Waals surface area (Å²) in [5, 5.41) is 3.63. The Labute approximate surface area is 132 Å². The lowest BCUT2D eigenvalue weighted by atomic mass is 9.80. The molecule has 21 heavy (non-hydrogen) atoms. The molecule has 0 bridgehead atoms. The van der Waals surface area contributed by atoms with Crippen molar-refractivity contribution in [1.29, 1.82) is 0 Å². The van der Waals surface area contributed by atoms with Crippen molar-refractivity contribution >= 4 is 0 Å². The molecule has 1 aromatic carbocycles. The van der Waals surface area contributed by atoms with Crippen molar-refractivity contribution in [3.8, 4) is 0 Å². The van der Waals surface area contributed by atoms with Gasteiger partial charge in [0.1, 0.15) is 0 Å². The molecular weight excluding hydrogens is 254 g/mol. The fraction of sp³-hybridized carbons (Fsp3) is 0.700. The van der Waals surface area contributed by atoms with E-state index < -0.39 is 0 Å². The van der Waals surface area contributed by atoms with Gasteiger partial charge in [0.15, 0.2) is 0 Å². The highest BCUT2D eigenvalue weighted by molar-refractivity contribution is 5.28. The molecule has 1 N–H and O–H groups in total. The summed E-state index contributed by atoms with van der Waals surface area (Å²) in [6, 6.07) is 9.23. The highest BCUT2D eigenvalue weighted by Crippen LogP contribution is 2.28. The van der Waals surface area contributed by atoms with Gasteiger partial charge in [0.2, 0.25) is 0 Å². The number of nitrogens with one attached hydrogen (secondary N) is 1. The largest absolute Gasteiger partial charge is 0.316 e. The molecule has 0 radical (unpaired) electrons. The number of hydrogen-bond donors (Lipinski definition) is 1. The number of rotatable bonds is 7. The fourth-order valence-corrected chi connectivity index (χ4v) is 2.59. The maximum atomic E-state index is 3.63. The Morgan fingerprint density at radius 2 is 1.57 bits per heavy atom. The first-order chi connectivity index (χ1) is 9.66. The summed E-state index contributed by atoms with van der Waals surface area (Å²) in [6.45, 7) is 18.3. The van der Waals surface area contributed by atoms with Gasteiger partial charge in [-0.05, 0) is 47.3 Å². The summed E-state index contributed by atoms with van der Waals surface area (Å²) in [7, 11) is 0. The van der Waals surface area contributed by atoms with Gasteiger partial charge in [-0.2, -0.15) is 0 Å². The Bertz CT molecular complexity index is 410. The first-order valence-corrected chi connectivity index (χ1v) is 8.46. The van der Waals surface area contributed by atoms with Gasteiger partial charge in [-0.3, -0.25) is 0 Å². The summed E-state index contributed by atoms with van der Waals surface area (Å²) in [5.74, 6) is 0.720. The second-order valence-corrected chi connectivity index (χ2v) is 8.31. The van der Waals surface area contributed by atoms with E-state index in [1.54, 1.807) is 0 Å². The van der Waals surface area contributed by atoms with Crippen LogP contribution >= 0.6 is 0 Å². The van der Waals surface area contributed by atoms with Crippen LogP contribution in [-0.4, -0.2) is 13.1 Å². The molecule has 1 unspecified atom stereocenters. The fourth-order valence-electron chi connectivity index (χ4n) is 2.59. The van der Waals surface area contributed by atoms with Crippen LogP contribution in [0.4, 0.5) is 0 Å². The maximum Gasteiger partial charge on any atom is 0.000836 e. The lowest BCUT2D eigenvalue weighted by molar-refractivity contribution is 0.285. The molecule has 1 heteroatoms. The lowest BCUT2D eigenvalue weighted by Gasteiger charge is -2.29. The topological polar surface area (TPSA) is 12.0 Å². The van der Waals surface area contributed by atoms with Gasteiger partial charge >= 0.3 is 0 Å². The first-order valence-electron chi connectivity index (χ1n) is 8.46. The van der Waals surface area contributed by atoms with Gasteiger partial charge in [-0.15, -0.1) is 0 Å². The van der Waals surface area contributed by atoms with E-state index in [0.717, 1.165) is 25.4 Å². The molecule has 0 saturated carbocycles. The molecule has 120 valence electrons. The van der Waals surface area contributed by atoms with Crippen molar-refractivity contribution in [3.63, 3.8) is 0 Å². The highest BCUT2D eigenvalue weighted by atomic mass is 14.9. The van der Waals surface area contributed by atoms with E-state index in [0.29, 0.717) is 5.41 Å². The minimum absolute atomic E-state index is 0.241. The van der Waals surface area contributed by atoms with Crippen molar-refractivity contribution in [2.24, 2.45) is 11.3 Å². The van der Waals surface area contributed by atoms with Crippen molar-refractivity contribution < 1.29 is 0 Å². The third-order valence-corrected chi connectivity index (χ3v) is 4.41. The first kappa shape index (κ1) is 18.2. The van der Waals surface area contributed by atoms with E-state index in [1.807, 2.05) is 0 Å². The van der Waals surface area contributed by atoms with E-state index >= 15 is 0 Å². The van der Waals surface area contributed by atoms with Crippen molar-refractivity contribution in [2.45, 2.75) is 66.7 Å². The molecule has 1 atom stereocenters. The normalized spacial score (nSPS) is 15.2. The predicted molar refractivity (Wildman–Crippen MR) is 95.0 cm³/mol. The molecular formula is C20H35N. The second-order valence-electron chi connectivity index (χ2n) is 8.31. The van der Waals surface area contributed by atoms with Gasteiger partial charge in [-0.1, -0.05) is 72.7 Å². The van der Waals surface area contributed by atoms with Crippen LogP contribution in [0, 0.1) is 11.3 Å². The van der Waals surface area contributed by atoms with Crippen molar-refractivity contribution in [2.75, 3.05) is 13.1 Å². The minimum Gasteiger partial charge on any atom is -0.316 e. The average Bonchev–Trinajstić information content (AvgIpc) is 2.38. The van der Waals surface area contributed by atoms with Crippen LogP contribution < -0.4 is 5.32 Å². The third-order valence-electron chi connectivity index (χ3n) is 4.41. The predicted octanol–water partition coefficient (Wildman–Crippen LogP) is 5.19. The van der Waals surface area contributed by atoms with Crippen LogP contribution in [0.1, 0.15) is 66.0 Å². The van der Waals surface area contributed by atoms with Gasteiger partial charge in [0, 0.05) is 6.54 Å². The molecule has 0 heterocycles. The Morgan fingerprint density at radius 3 is 2.00 bits per heavy atom. The van der Waals surface area contributed by atoms with E-state index in [1.165, 1.54) is 17.5 Å². The molecule has 0 spiro atoms. The molecule has 1 rings (SSSR count). The minimum atomic E-state index is 0.241. The molecule has 0 saturated heterocycles. The van der Waals surface area contributed by atoms with Crippen LogP contribution in [0.15, 0.2) is 24.3 Å². The van der Waals surface area contributed by atoms with Crippen LogP contribution in [0.2, 0.25) is 0 Å². The molecule has 1 aromatic rings. The quantitative estimate of drug-likeness (QED) is 0.728. The zero-order valence-corrected chi connectivity index (χ0v) is 15.2. The standard InChI is InChI=1S/C20H35N/c1-8-20(7,15-21-14-16(2)3)13-17-9-11-18(12-10-17)19(4,5)6/h9-12,16,21H,8,13-15H2,1-7H3. The zero-order valence-electron chi connectivity index (χ0n) is 15.2. The Hall–Kier alpha value is -0.820.